The van der Waals surface area contributed by atoms with Crippen LogP contribution in [-0.2, 0) is 15.1 Å². The highest BCUT2D eigenvalue weighted by Crippen LogP contribution is 2.19. The third kappa shape index (κ3) is 3.53. The Kier molecular flexibility index (Phi) is 5.27. The van der Waals surface area contributed by atoms with Crippen LogP contribution in [0.4, 0.5) is 0 Å². The highest BCUT2D eigenvalue weighted by molar-refractivity contribution is 5.80. The number of nitrogens with zero attached hydrogens (tertiary/aromatic N) is 1. The van der Waals surface area contributed by atoms with E-state index in [1.807, 2.05) is 18.0 Å². The second-order valence-electron chi connectivity index (χ2n) is 4.37. The summed E-state index contributed by atoms with van der Waals surface area (Å²) >= 11 is 0. The first kappa shape index (κ1) is 14.6. The van der Waals surface area contributed by atoms with Gasteiger partial charge in [0, 0.05) is 20.2 Å². The molecule has 1 unspecified atom stereocenters. The maximum atomic E-state index is 11.4. The Hall–Kier alpha value is -1.43. The number of likely N-dealkylation sites (N-methyl/N-ethyl adjacent to an activating group) is 1. The van der Waals surface area contributed by atoms with E-state index in [2.05, 4.69) is 0 Å². The molecule has 5 heteroatoms. The van der Waals surface area contributed by atoms with Crippen molar-refractivity contribution in [3.63, 3.8) is 0 Å². The Balaban J connectivity index is 2.85. The van der Waals surface area contributed by atoms with Crippen LogP contribution in [-0.4, -0.2) is 49.8 Å². The minimum atomic E-state index is -1.40. The molecule has 18 heavy (non-hydrogen) atoms. The highest BCUT2D eigenvalue weighted by Gasteiger charge is 2.36. The number of ether oxygens (including phenoxy) is 1. The number of nitrogens with two attached hydrogens (primary N) is 1. The van der Waals surface area contributed by atoms with E-state index in [0.717, 1.165) is 0 Å². The van der Waals surface area contributed by atoms with Crippen LogP contribution in [0, 0.1) is 0 Å². The van der Waals surface area contributed by atoms with Crippen LogP contribution in [0.2, 0.25) is 0 Å². The lowest BCUT2D eigenvalue weighted by Crippen LogP contribution is -2.53. The van der Waals surface area contributed by atoms with E-state index in [0.29, 0.717) is 18.7 Å². The molecule has 0 heterocycles. The number of aliphatic carboxylic acids is 1. The van der Waals surface area contributed by atoms with E-state index in [-0.39, 0.29) is 6.54 Å². The maximum absolute atomic E-state index is 11.4. The van der Waals surface area contributed by atoms with Gasteiger partial charge in [0.2, 0.25) is 0 Å². The smallest absolute Gasteiger partial charge is 0.329 e. The SMILES string of the molecule is COCCN(C)CC(N)(C(=O)O)c1ccccc1. The summed E-state index contributed by atoms with van der Waals surface area (Å²) in [4.78, 5) is 13.3. The van der Waals surface area contributed by atoms with E-state index in [1.165, 1.54) is 0 Å². The third-order valence-electron chi connectivity index (χ3n) is 2.87. The second-order valence-corrected chi connectivity index (χ2v) is 4.37. The monoisotopic (exact) mass is 252 g/mol. The number of benzene rings is 1. The van der Waals surface area contributed by atoms with Gasteiger partial charge in [-0.25, -0.2) is 4.79 Å². The highest BCUT2D eigenvalue weighted by atomic mass is 16.5. The van der Waals surface area contributed by atoms with E-state index >= 15 is 0 Å². The minimum absolute atomic E-state index is 0.232. The molecule has 1 aromatic rings. The van der Waals surface area contributed by atoms with Gasteiger partial charge in [0.1, 0.15) is 0 Å². The van der Waals surface area contributed by atoms with Crippen molar-refractivity contribution in [3.8, 4) is 0 Å². The molecule has 0 aliphatic carbocycles. The van der Waals surface area contributed by atoms with Gasteiger partial charge in [0.25, 0.3) is 0 Å². The van der Waals surface area contributed by atoms with Crippen molar-refractivity contribution in [2.75, 3.05) is 33.9 Å². The molecule has 0 aliphatic heterocycles. The summed E-state index contributed by atoms with van der Waals surface area (Å²) in [7, 11) is 3.43. The van der Waals surface area contributed by atoms with Crippen LogP contribution in [0.3, 0.4) is 0 Å². The molecule has 1 atom stereocenters. The quantitative estimate of drug-likeness (QED) is 0.739. The second kappa shape index (κ2) is 6.49. The number of methoxy groups -OCH3 is 1. The molecule has 100 valence electrons. The van der Waals surface area contributed by atoms with E-state index < -0.39 is 11.5 Å². The van der Waals surface area contributed by atoms with Crippen molar-refractivity contribution in [1.29, 1.82) is 0 Å². The first-order chi connectivity index (χ1) is 8.50. The fourth-order valence-corrected chi connectivity index (χ4v) is 1.77. The van der Waals surface area contributed by atoms with E-state index in [4.69, 9.17) is 10.5 Å². The van der Waals surface area contributed by atoms with Crippen LogP contribution in [0.25, 0.3) is 0 Å². The Labute approximate surface area is 107 Å². The summed E-state index contributed by atoms with van der Waals surface area (Å²) in [6.45, 7) is 1.41. The molecular weight excluding hydrogens is 232 g/mol. The zero-order chi connectivity index (χ0) is 13.6. The van der Waals surface area contributed by atoms with Crippen molar-refractivity contribution in [2.45, 2.75) is 5.54 Å². The normalized spacial score (nSPS) is 14.4. The number of carbonyl (C=O) groups is 1. The fraction of sp³-hybridized carbons (Fsp3) is 0.462. The minimum Gasteiger partial charge on any atom is -0.480 e. The number of hydrogen-bond donors (Lipinski definition) is 2. The topological polar surface area (TPSA) is 75.8 Å². The molecule has 0 saturated heterocycles. The van der Waals surface area contributed by atoms with Crippen LogP contribution < -0.4 is 5.73 Å². The molecule has 1 aromatic carbocycles. The first-order valence-electron chi connectivity index (χ1n) is 5.76. The Morgan fingerprint density at radius 1 is 1.44 bits per heavy atom. The van der Waals surface area contributed by atoms with Crippen molar-refractivity contribution >= 4 is 5.97 Å². The number of rotatable bonds is 7. The van der Waals surface area contributed by atoms with Gasteiger partial charge in [-0.1, -0.05) is 30.3 Å². The summed E-state index contributed by atoms with van der Waals surface area (Å²) in [5.74, 6) is -1.03. The van der Waals surface area contributed by atoms with Gasteiger partial charge in [-0.2, -0.15) is 0 Å². The van der Waals surface area contributed by atoms with Gasteiger partial charge >= 0.3 is 5.97 Å². The lowest BCUT2D eigenvalue weighted by atomic mass is 9.90. The molecule has 0 aromatic heterocycles. The van der Waals surface area contributed by atoms with Crippen molar-refractivity contribution in [2.24, 2.45) is 5.73 Å². The van der Waals surface area contributed by atoms with Crippen LogP contribution in [0.5, 0.6) is 0 Å². The number of carboxylic acid groups (broad SMARTS) is 1. The lowest BCUT2D eigenvalue weighted by Gasteiger charge is -2.30. The first-order valence-corrected chi connectivity index (χ1v) is 5.76. The molecule has 0 radical (unpaired) electrons. The van der Waals surface area contributed by atoms with Crippen LogP contribution in [0.1, 0.15) is 5.56 Å². The zero-order valence-corrected chi connectivity index (χ0v) is 10.8. The molecule has 0 amide bonds. The van der Waals surface area contributed by atoms with Crippen molar-refractivity contribution < 1.29 is 14.6 Å². The lowest BCUT2D eigenvalue weighted by molar-refractivity contribution is -0.144. The molecule has 5 nitrogen and oxygen atoms in total. The van der Waals surface area contributed by atoms with Crippen molar-refractivity contribution in [3.05, 3.63) is 35.9 Å². The van der Waals surface area contributed by atoms with Gasteiger partial charge in [0.15, 0.2) is 5.54 Å². The molecule has 0 fully saturated rings. The Morgan fingerprint density at radius 3 is 2.56 bits per heavy atom. The summed E-state index contributed by atoms with van der Waals surface area (Å²) < 4.78 is 4.96. The van der Waals surface area contributed by atoms with Gasteiger partial charge < -0.3 is 20.5 Å². The third-order valence-corrected chi connectivity index (χ3v) is 2.87. The van der Waals surface area contributed by atoms with Gasteiger partial charge in [0.05, 0.1) is 6.61 Å². The van der Waals surface area contributed by atoms with Gasteiger partial charge in [-0.05, 0) is 12.6 Å². The molecule has 1 rings (SSSR count). The summed E-state index contributed by atoms with van der Waals surface area (Å²) in [6.07, 6.45) is 0. The predicted molar refractivity (Wildman–Crippen MR) is 69.3 cm³/mol. The van der Waals surface area contributed by atoms with Gasteiger partial charge in [-0.3, -0.25) is 0 Å². The molecule has 0 saturated carbocycles. The largest absolute Gasteiger partial charge is 0.480 e. The molecule has 0 bridgehead atoms. The van der Waals surface area contributed by atoms with E-state index in [9.17, 15) is 9.90 Å². The van der Waals surface area contributed by atoms with E-state index in [1.54, 1.807) is 31.4 Å². The number of hydrogen-bond acceptors (Lipinski definition) is 4. The maximum Gasteiger partial charge on any atom is 0.329 e. The Bertz CT molecular complexity index is 383. The molecule has 0 spiro atoms. The summed E-state index contributed by atoms with van der Waals surface area (Å²) in [6, 6.07) is 8.88. The average molecular weight is 252 g/mol. The molecule has 3 N–H and O–H groups in total. The fourth-order valence-electron chi connectivity index (χ4n) is 1.77. The predicted octanol–water partition coefficient (Wildman–Crippen LogP) is 0.503. The zero-order valence-electron chi connectivity index (χ0n) is 10.8. The average Bonchev–Trinajstić information content (AvgIpc) is 2.37. The summed E-state index contributed by atoms with van der Waals surface area (Å²) in [5.41, 5.74) is 5.25. The standard InChI is InChI=1S/C13H20N2O3/c1-15(8-9-18-2)10-13(14,12(16)17)11-6-4-3-5-7-11/h3-7H,8-10,14H2,1-2H3,(H,16,17). The number of carboxylic acids is 1. The Morgan fingerprint density at radius 2 is 2.06 bits per heavy atom. The van der Waals surface area contributed by atoms with Gasteiger partial charge in [-0.15, -0.1) is 0 Å². The summed E-state index contributed by atoms with van der Waals surface area (Å²) in [5, 5.41) is 9.38. The molecular formula is C13H20N2O3. The molecule has 0 aliphatic rings. The van der Waals surface area contributed by atoms with Crippen LogP contribution >= 0.6 is 0 Å². The van der Waals surface area contributed by atoms with Crippen molar-refractivity contribution in [1.82, 2.24) is 4.90 Å². The van der Waals surface area contributed by atoms with Crippen LogP contribution in [0.15, 0.2) is 30.3 Å².